The maximum absolute atomic E-state index is 14.1. The third-order valence-electron chi connectivity index (χ3n) is 6.62. The molecule has 0 saturated carbocycles. The van der Waals surface area contributed by atoms with E-state index in [2.05, 4.69) is 15.9 Å². The van der Waals surface area contributed by atoms with E-state index in [4.69, 9.17) is 9.47 Å². The molecule has 4 aromatic rings. The first-order valence-corrected chi connectivity index (χ1v) is 14.5. The van der Waals surface area contributed by atoms with Crippen LogP contribution in [0.15, 0.2) is 89.4 Å². The second-order valence-corrected chi connectivity index (χ2v) is 10.6. The number of hydrogen-bond acceptors (Lipinski definition) is 8. The van der Waals surface area contributed by atoms with Gasteiger partial charge in [-0.2, -0.15) is 0 Å². The third-order valence-corrected chi connectivity index (χ3v) is 7.11. The monoisotopic (exact) mass is 644 g/mol. The first-order valence-electron chi connectivity index (χ1n) is 13.7. The minimum atomic E-state index is -1.10. The molecule has 0 aromatic heterocycles. The van der Waals surface area contributed by atoms with Gasteiger partial charge in [-0.05, 0) is 30.7 Å². The number of benzene rings is 4. The van der Waals surface area contributed by atoms with Gasteiger partial charge < -0.3 is 19.7 Å². The summed E-state index contributed by atoms with van der Waals surface area (Å²) in [6, 6.07) is 21.7. The molecule has 0 spiro atoms. The smallest absolute Gasteiger partial charge is 0.343 e. The molecule has 0 unspecified atom stereocenters. The minimum absolute atomic E-state index is 0.0247. The fourth-order valence-electron chi connectivity index (χ4n) is 4.44. The molecule has 220 valence electrons. The Balaban J connectivity index is 1.98. The molecule has 0 radical (unpaired) electrons. The van der Waals surface area contributed by atoms with E-state index >= 15 is 0 Å². The normalized spacial score (nSPS) is 10.7. The second-order valence-electron chi connectivity index (χ2n) is 9.64. The van der Waals surface area contributed by atoms with Gasteiger partial charge >= 0.3 is 11.9 Å². The maximum atomic E-state index is 14.1. The number of phenols is 2. The van der Waals surface area contributed by atoms with Crippen LogP contribution in [0, 0.1) is 0 Å². The van der Waals surface area contributed by atoms with Crippen molar-refractivity contribution in [2.24, 2.45) is 0 Å². The van der Waals surface area contributed by atoms with Crippen LogP contribution in [-0.4, -0.2) is 40.3 Å². The van der Waals surface area contributed by atoms with E-state index < -0.39 is 57.4 Å². The van der Waals surface area contributed by atoms with Crippen molar-refractivity contribution in [1.29, 1.82) is 0 Å². The number of carbonyl (C=O) groups is 4. The molecule has 0 bridgehead atoms. The van der Waals surface area contributed by atoms with Crippen molar-refractivity contribution in [2.45, 2.75) is 32.6 Å². The van der Waals surface area contributed by atoms with Crippen molar-refractivity contribution < 1.29 is 38.9 Å². The molecular weight excluding hydrogens is 616 g/mol. The number of ether oxygens (including phenoxy) is 2. The topological polar surface area (TPSA) is 127 Å². The predicted octanol–water partition coefficient (Wildman–Crippen LogP) is 7.28. The Kier molecular flexibility index (Phi) is 10.5. The zero-order valence-electron chi connectivity index (χ0n) is 23.3. The van der Waals surface area contributed by atoms with Crippen LogP contribution in [-0.2, 0) is 4.74 Å². The van der Waals surface area contributed by atoms with Crippen LogP contribution < -0.4 is 4.74 Å². The lowest BCUT2D eigenvalue weighted by atomic mass is 9.88. The Morgan fingerprint density at radius 2 is 1.26 bits per heavy atom. The van der Waals surface area contributed by atoms with Gasteiger partial charge in [-0.15, -0.1) is 0 Å². The molecule has 43 heavy (non-hydrogen) atoms. The summed E-state index contributed by atoms with van der Waals surface area (Å²) in [4.78, 5) is 54.8. The van der Waals surface area contributed by atoms with E-state index in [1.807, 2.05) is 6.92 Å². The molecule has 0 aliphatic rings. The van der Waals surface area contributed by atoms with Crippen molar-refractivity contribution >= 4 is 39.4 Å². The number of aromatic hydroxyl groups is 2. The highest BCUT2D eigenvalue weighted by Gasteiger charge is 2.37. The van der Waals surface area contributed by atoms with E-state index in [-0.39, 0.29) is 23.3 Å². The van der Waals surface area contributed by atoms with Crippen LogP contribution in [0.1, 0.15) is 85.2 Å². The lowest BCUT2D eigenvalue weighted by Gasteiger charge is -2.20. The average molecular weight is 646 g/mol. The number of unbranched alkanes of at least 4 members (excludes halogenated alkanes) is 3. The van der Waals surface area contributed by atoms with Crippen LogP contribution in [0.2, 0.25) is 0 Å². The highest BCUT2D eigenvalue weighted by molar-refractivity contribution is 9.10. The van der Waals surface area contributed by atoms with Gasteiger partial charge in [0, 0.05) is 15.6 Å². The molecule has 0 aliphatic heterocycles. The Bertz CT molecular complexity index is 1650. The first-order chi connectivity index (χ1) is 20.7. The summed E-state index contributed by atoms with van der Waals surface area (Å²) < 4.78 is 11.5. The van der Waals surface area contributed by atoms with Crippen LogP contribution >= 0.6 is 15.9 Å². The molecule has 0 aliphatic carbocycles. The molecule has 0 heterocycles. The van der Waals surface area contributed by atoms with Crippen LogP contribution in [0.4, 0.5) is 0 Å². The van der Waals surface area contributed by atoms with Crippen LogP contribution in [0.25, 0.3) is 0 Å². The Labute approximate surface area is 257 Å². The van der Waals surface area contributed by atoms with Gasteiger partial charge in [0.2, 0.25) is 5.75 Å². The maximum Gasteiger partial charge on any atom is 0.343 e. The molecule has 9 heteroatoms. The minimum Gasteiger partial charge on any atom is -0.504 e. The molecule has 8 nitrogen and oxygen atoms in total. The third kappa shape index (κ3) is 7.18. The summed E-state index contributed by atoms with van der Waals surface area (Å²) in [5.74, 6) is -6.64. The second kappa shape index (κ2) is 14.4. The SMILES string of the molecule is CCCCCCOC(=O)c1c(C(=O)c2ccccc2)c(O)c(O)c(OC(=O)c2ccccc2)c1C(=O)c1cccc(Br)c1. The molecule has 4 aromatic carbocycles. The highest BCUT2D eigenvalue weighted by Crippen LogP contribution is 2.46. The quantitative estimate of drug-likeness (QED) is 0.0541. The van der Waals surface area contributed by atoms with Crippen LogP contribution in [0.5, 0.6) is 17.2 Å². The zero-order chi connectivity index (χ0) is 30.9. The molecule has 2 N–H and O–H groups in total. The number of carbonyl (C=O) groups excluding carboxylic acids is 4. The van der Waals surface area contributed by atoms with Gasteiger partial charge in [-0.1, -0.05) is 103 Å². The average Bonchev–Trinajstić information content (AvgIpc) is 3.03. The Hall–Kier alpha value is -4.76. The van der Waals surface area contributed by atoms with E-state index in [0.29, 0.717) is 10.9 Å². The lowest BCUT2D eigenvalue weighted by Crippen LogP contribution is -2.22. The first kappa shape index (κ1) is 31.2. The van der Waals surface area contributed by atoms with Gasteiger partial charge in [0.25, 0.3) is 0 Å². The number of phenolic OH excluding ortho intramolecular Hbond substituents is 2. The largest absolute Gasteiger partial charge is 0.504 e. The summed E-state index contributed by atoms with van der Waals surface area (Å²) in [5, 5.41) is 22.4. The van der Waals surface area contributed by atoms with Crippen molar-refractivity contribution in [3.63, 3.8) is 0 Å². The summed E-state index contributed by atoms with van der Waals surface area (Å²) in [6.45, 7) is 2.01. The standard InChI is InChI=1S/C34H29BrO8/c1-2-3-4-11-19-42-34(41)25-26(28(36)21-13-7-5-8-14-21)30(38)31(39)32(43-33(40)22-15-9-6-10-16-22)27(25)29(37)23-17-12-18-24(35)20-23/h5-10,12-18,20,38-39H,2-4,11,19H2,1H3. The van der Waals surface area contributed by atoms with Crippen molar-refractivity contribution in [2.75, 3.05) is 6.61 Å². The van der Waals surface area contributed by atoms with Crippen molar-refractivity contribution in [1.82, 2.24) is 0 Å². The molecule has 0 atom stereocenters. The predicted molar refractivity (Wildman–Crippen MR) is 163 cm³/mol. The highest BCUT2D eigenvalue weighted by atomic mass is 79.9. The molecular formula is C34H29BrO8. The zero-order valence-corrected chi connectivity index (χ0v) is 24.9. The van der Waals surface area contributed by atoms with E-state index in [1.165, 1.54) is 36.4 Å². The number of ketones is 2. The number of hydrogen-bond donors (Lipinski definition) is 2. The van der Waals surface area contributed by atoms with E-state index in [0.717, 1.165) is 19.3 Å². The summed E-state index contributed by atoms with van der Waals surface area (Å²) in [7, 11) is 0. The number of halogens is 1. The lowest BCUT2D eigenvalue weighted by molar-refractivity contribution is 0.0489. The van der Waals surface area contributed by atoms with Crippen molar-refractivity contribution in [3.05, 3.63) is 123 Å². The summed E-state index contributed by atoms with van der Waals surface area (Å²) in [6.07, 6.45) is 3.18. The summed E-state index contributed by atoms with van der Waals surface area (Å²) in [5.41, 5.74) is -1.68. The molecule has 0 fully saturated rings. The molecule has 0 saturated heterocycles. The van der Waals surface area contributed by atoms with Crippen LogP contribution in [0.3, 0.4) is 0 Å². The Morgan fingerprint density at radius 3 is 1.88 bits per heavy atom. The van der Waals surface area contributed by atoms with Gasteiger partial charge in [0.1, 0.15) is 0 Å². The van der Waals surface area contributed by atoms with Gasteiger partial charge in [0.15, 0.2) is 23.1 Å². The van der Waals surface area contributed by atoms with E-state index in [1.54, 1.807) is 48.5 Å². The fraction of sp³-hybridized carbons (Fsp3) is 0.176. The van der Waals surface area contributed by atoms with Gasteiger partial charge in [-0.25, -0.2) is 9.59 Å². The molecule has 0 amide bonds. The van der Waals surface area contributed by atoms with Gasteiger partial charge in [0.05, 0.1) is 28.9 Å². The number of rotatable bonds is 12. The molecule has 4 rings (SSSR count). The van der Waals surface area contributed by atoms with E-state index in [9.17, 15) is 29.4 Å². The summed E-state index contributed by atoms with van der Waals surface area (Å²) >= 11 is 3.32. The van der Waals surface area contributed by atoms with Gasteiger partial charge in [-0.3, -0.25) is 9.59 Å². The van der Waals surface area contributed by atoms with Crippen molar-refractivity contribution in [3.8, 4) is 17.2 Å². The Morgan fingerprint density at radius 1 is 0.651 bits per heavy atom. The fourth-order valence-corrected chi connectivity index (χ4v) is 4.84. The number of esters is 2.